The molecular formula is C17H19ClN2O2. The standard InChI is InChI=1S/C17H19ClN2O2/c1-11(2)12-3-6-14(7-4-12)22-10-17(21)20-13-5-8-15(18)16(19)9-13/h3-9,11H,10,19H2,1-2H3,(H,20,21). The quantitative estimate of drug-likeness (QED) is 0.817. The topological polar surface area (TPSA) is 64.3 Å². The maximum Gasteiger partial charge on any atom is 0.262 e. The van der Waals surface area contributed by atoms with Crippen LogP contribution in [-0.2, 0) is 4.79 Å². The lowest BCUT2D eigenvalue weighted by molar-refractivity contribution is -0.118. The van der Waals surface area contributed by atoms with Crippen LogP contribution in [0.1, 0.15) is 25.3 Å². The van der Waals surface area contributed by atoms with Crippen molar-refractivity contribution in [3.63, 3.8) is 0 Å². The maximum atomic E-state index is 11.8. The molecule has 2 aromatic rings. The predicted molar refractivity (Wildman–Crippen MR) is 90.5 cm³/mol. The highest BCUT2D eigenvalue weighted by atomic mass is 35.5. The fourth-order valence-corrected chi connectivity index (χ4v) is 2.03. The van der Waals surface area contributed by atoms with E-state index in [1.807, 2.05) is 24.3 Å². The first-order chi connectivity index (χ1) is 10.5. The summed E-state index contributed by atoms with van der Waals surface area (Å²) in [6, 6.07) is 12.7. The van der Waals surface area contributed by atoms with Crippen molar-refractivity contribution in [2.45, 2.75) is 19.8 Å². The molecule has 0 aliphatic heterocycles. The molecule has 3 N–H and O–H groups in total. The van der Waals surface area contributed by atoms with Crippen LogP contribution in [0.5, 0.6) is 5.75 Å². The third-order valence-electron chi connectivity index (χ3n) is 3.20. The molecule has 2 rings (SSSR count). The molecule has 4 nitrogen and oxygen atoms in total. The largest absolute Gasteiger partial charge is 0.484 e. The van der Waals surface area contributed by atoms with Gasteiger partial charge in [-0.2, -0.15) is 0 Å². The number of benzene rings is 2. The third kappa shape index (κ3) is 4.40. The number of halogens is 1. The van der Waals surface area contributed by atoms with Gasteiger partial charge in [0.15, 0.2) is 6.61 Å². The average Bonchev–Trinajstić information content (AvgIpc) is 2.49. The minimum absolute atomic E-state index is 0.0659. The van der Waals surface area contributed by atoms with E-state index in [1.54, 1.807) is 18.2 Å². The Bertz CT molecular complexity index is 654. The molecule has 0 aliphatic rings. The molecule has 0 bridgehead atoms. The molecule has 0 radical (unpaired) electrons. The van der Waals surface area contributed by atoms with Crippen molar-refractivity contribution in [1.82, 2.24) is 0 Å². The Morgan fingerprint density at radius 3 is 2.50 bits per heavy atom. The first kappa shape index (κ1) is 16.2. The van der Waals surface area contributed by atoms with Crippen LogP contribution >= 0.6 is 11.6 Å². The number of nitrogen functional groups attached to an aromatic ring is 1. The second-order valence-electron chi connectivity index (χ2n) is 5.30. The lowest BCUT2D eigenvalue weighted by atomic mass is 10.0. The van der Waals surface area contributed by atoms with Crippen LogP contribution < -0.4 is 15.8 Å². The van der Waals surface area contributed by atoms with E-state index in [1.165, 1.54) is 5.56 Å². The Morgan fingerprint density at radius 1 is 1.23 bits per heavy atom. The molecule has 116 valence electrons. The molecule has 5 heteroatoms. The van der Waals surface area contributed by atoms with Crippen LogP contribution in [0.25, 0.3) is 0 Å². The average molecular weight is 319 g/mol. The van der Waals surface area contributed by atoms with E-state index in [-0.39, 0.29) is 12.5 Å². The van der Waals surface area contributed by atoms with Gasteiger partial charge in [0.05, 0.1) is 10.7 Å². The summed E-state index contributed by atoms with van der Waals surface area (Å²) in [6.07, 6.45) is 0. The zero-order valence-electron chi connectivity index (χ0n) is 12.6. The lowest BCUT2D eigenvalue weighted by Crippen LogP contribution is -2.20. The van der Waals surface area contributed by atoms with Gasteiger partial charge < -0.3 is 15.8 Å². The van der Waals surface area contributed by atoms with Gasteiger partial charge in [-0.05, 0) is 41.8 Å². The van der Waals surface area contributed by atoms with Gasteiger partial charge in [0, 0.05) is 5.69 Å². The fraction of sp³-hybridized carbons (Fsp3) is 0.235. The van der Waals surface area contributed by atoms with Gasteiger partial charge >= 0.3 is 0 Å². The fourth-order valence-electron chi connectivity index (χ4n) is 1.92. The van der Waals surface area contributed by atoms with Crippen LogP contribution in [0.15, 0.2) is 42.5 Å². The Morgan fingerprint density at radius 2 is 1.91 bits per heavy atom. The molecule has 22 heavy (non-hydrogen) atoms. The Hall–Kier alpha value is -2.20. The van der Waals surface area contributed by atoms with Crippen LogP contribution in [0.3, 0.4) is 0 Å². The summed E-state index contributed by atoms with van der Waals surface area (Å²) in [7, 11) is 0. The monoisotopic (exact) mass is 318 g/mol. The van der Waals surface area contributed by atoms with Crippen molar-refractivity contribution in [2.24, 2.45) is 0 Å². The number of hydrogen-bond acceptors (Lipinski definition) is 3. The van der Waals surface area contributed by atoms with Crippen molar-refractivity contribution in [1.29, 1.82) is 0 Å². The summed E-state index contributed by atoms with van der Waals surface area (Å²) in [6.45, 7) is 4.19. The van der Waals surface area contributed by atoms with E-state index in [0.29, 0.717) is 28.1 Å². The van der Waals surface area contributed by atoms with E-state index < -0.39 is 0 Å². The highest BCUT2D eigenvalue weighted by Gasteiger charge is 2.06. The number of amides is 1. The molecule has 0 fully saturated rings. The van der Waals surface area contributed by atoms with Gasteiger partial charge in [0.2, 0.25) is 0 Å². The summed E-state index contributed by atoms with van der Waals surface area (Å²) in [5.41, 5.74) is 7.92. The molecule has 1 amide bonds. The van der Waals surface area contributed by atoms with E-state index in [0.717, 1.165) is 0 Å². The first-order valence-corrected chi connectivity index (χ1v) is 7.41. The normalized spacial score (nSPS) is 10.5. The smallest absolute Gasteiger partial charge is 0.262 e. The van der Waals surface area contributed by atoms with E-state index in [4.69, 9.17) is 22.1 Å². The van der Waals surface area contributed by atoms with Crippen LogP contribution in [0.2, 0.25) is 5.02 Å². The number of carbonyl (C=O) groups excluding carboxylic acids is 1. The van der Waals surface area contributed by atoms with Crippen molar-refractivity contribution >= 4 is 28.9 Å². The number of hydrogen-bond donors (Lipinski definition) is 2. The summed E-state index contributed by atoms with van der Waals surface area (Å²) in [4.78, 5) is 11.8. The van der Waals surface area contributed by atoms with Crippen molar-refractivity contribution in [3.05, 3.63) is 53.1 Å². The third-order valence-corrected chi connectivity index (χ3v) is 3.54. The Labute approximate surface area is 135 Å². The molecule has 0 heterocycles. The zero-order valence-corrected chi connectivity index (χ0v) is 13.4. The number of carbonyl (C=O) groups is 1. The molecule has 0 unspecified atom stereocenters. The molecule has 2 aromatic carbocycles. The summed E-state index contributed by atoms with van der Waals surface area (Å²) in [5, 5.41) is 3.17. The van der Waals surface area contributed by atoms with Crippen molar-refractivity contribution in [3.8, 4) is 5.75 Å². The molecule has 0 atom stereocenters. The molecule has 0 saturated carbocycles. The number of nitrogens with two attached hydrogens (primary N) is 1. The van der Waals surface area contributed by atoms with Crippen molar-refractivity contribution < 1.29 is 9.53 Å². The van der Waals surface area contributed by atoms with Gasteiger partial charge in [-0.25, -0.2) is 0 Å². The summed E-state index contributed by atoms with van der Waals surface area (Å²) < 4.78 is 5.46. The maximum absolute atomic E-state index is 11.8. The molecule has 0 saturated heterocycles. The highest BCUT2D eigenvalue weighted by Crippen LogP contribution is 2.22. The lowest BCUT2D eigenvalue weighted by Gasteiger charge is -2.10. The number of ether oxygens (including phenoxy) is 1. The Balaban J connectivity index is 1.88. The second kappa shape index (κ2) is 7.18. The SMILES string of the molecule is CC(C)c1ccc(OCC(=O)Nc2ccc(Cl)c(N)c2)cc1. The van der Waals surface area contributed by atoms with E-state index in [2.05, 4.69) is 19.2 Å². The molecule has 0 aromatic heterocycles. The summed E-state index contributed by atoms with van der Waals surface area (Å²) in [5.74, 6) is 0.873. The molecule has 0 aliphatic carbocycles. The minimum Gasteiger partial charge on any atom is -0.484 e. The Kier molecular flexibility index (Phi) is 5.28. The molecule has 0 spiro atoms. The minimum atomic E-state index is -0.255. The predicted octanol–water partition coefficient (Wildman–Crippen LogP) is 4.06. The van der Waals surface area contributed by atoms with Crippen LogP contribution in [-0.4, -0.2) is 12.5 Å². The van der Waals surface area contributed by atoms with Gasteiger partial charge in [-0.3, -0.25) is 4.79 Å². The van der Waals surface area contributed by atoms with Crippen LogP contribution in [0.4, 0.5) is 11.4 Å². The summed E-state index contributed by atoms with van der Waals surface area (Å²) >= 11 is 5.83. The van der Waals surface area contributed by atoms with Gasteiger partial charge in [-0.15, -0.1) is 0 Å². The highest BCUT2D eigenvalue weighted by molar-refractivity contribution is 6.33. The molecular weight excluding hydrogens is 300 g/mol. The van der Waals surface area contributed by atoms with Gasteiger partial charge in [0.1, 0.15) is 5.75 Å². The van der Waals surface area contributed by atoms with Gasteiger partial charge in [0.25, 0.3) is 5.91 Å². The van der Waals surface area contributed by atoms with Crippen molar-refractivity contribution in [2.75, 3.05) is 17.7 Å². The first-order valence-electron chi connectivity index (χ1n) is 7.03. The van der Waals surface area contributed by atoms with E-state index in [9.17, 15) is 4.79 Å². The van der Waals surface area contributed by atoms with Crippen LogP contribution in [0, 0.1) is 0 Å². The number of anilines is 2. The number of rotatable bonds is 5. The van der Waals surface area contributed by atoms with E-state index >= 15 is 0 Å². The number of nitrogens with one attached hydrogen (secondary N) is 1. The second-order valence-corrected chi connectivity index (χ2v) is 5.70. The zero-order chi connectivity index (χ0) is 16.1. The van der Waals surface area contributed by atoms with Gasteiger partial charge in [-0.1, -0.05) is 37.6 Å².